The Morgan fingerprint density at radius 1 is 1.16 bits per heavy atom. The van der Waals surface area contributed by atoms with Crippen LogP contribution in [-0.4, -0.2) is 41.5 Å². The standard InChI is InChI=1S/C22H20ClF6N5O3/c23-12-3-1-4-14-18(12)33-20(37)13(10-34(14)17-6-2-5-15(32-17)22(27,28)29)31-19(36)11(9-16(30)35)7-8-21(24,25)26/h1-6,11,13H,7-10H2,(H2,30,35)(H,31,36)(H,33,37). The fraction of sp³-hybridized carbons (Fsp3) is 0.364. The molecule has 1 aliphatic rings. The number of pyridine rings is 1. The van der Waals surface area contributed by atoms with Gasteiger partial charge in [-0.2, -0.15) is 26.3 Å². The summed E-state index contributed by atoms with van der Waals surface area (Å²) in [4.78, 5) is 41.9. The molecule has 0 saturated carbocycles. The van der Waals surface area contributed by atoms with Crippen LogP contribution in [0, 0.1) is 5.92 Å². The van der Waals surface area contributed by atoms with Crippen molar-refractivity contribution >= 4 is 46.5 Å². The maximum atomic E-state index is 13.3. The molecule has 3 rings (SSSR count). The van der Waals surface area contributed by atoms with Crippen LogP contribution in [0.4, 0.5) is 43.5 Å². The number of hydrogen-bond donors (Lipinski definition) is 3. The summed E-state index contributed by atoms with van der Waals surface area (Å²) in [5, 5.41) is 4.80. The Morgan fingerprint density at radius 2 is 1.84 bits per heavy atom. The van der Waals surface area contributed by atoms with Gasteiger partial charge in [-0.05, 0) is 30.7 Å². The fourth-order valence-electron chi connectivity index (χ4n) is 3.69. The molecule has 8 nitrogen and oxygen atoms in total. The predicted molar refractivity (Wildman–Crippen MR) is 121 cm³/mol. The molecule has 0 fully saturated rings. The van der Waals surface area contributed by atoms with E-state index in [2.05, 4.69) is 15.6 Å². The minimum atomic E-state index is -4.78. The van der Waals surface area contributed by atoms with Gasteiger partial charge in [-0.3, -0.25) is 14.4 Å². The quantitative estimate of drug-likeness (QED) is 0.447. The van der Waals surface area contributed by atoms with Gasteiger partial charge in [-0.15, -0.1) is 0 Å². The summed E-state index contributed by atoms with van der Waals surface area (Å²) in [6.45, 7) is -0.457. The largest absolute Gasteiger partial charge is 0.433 e. The molecular weight excluding hydrogens is 532 g/mol. The van der Waals surface area contributed by atoms with Gasteiger partial charge >= 0.3 is 12.4 Å². The molecule has 0 saturated heterocycles. The van der Waals surface area contributed by atoms with Crippen LogP contribution in [0.3, 0.4) is 0 Å². The van der Waals surface area contributed by atoms with Gasteiger partial charge in [0.05, 0.1) is 22.9 Å². The third kappa shape index (κ3) is 7.24. The first kappa shape index (κ1) is 28.0. The van der Waals surface area contributed by atoms with Crippen LogP contribution in [0.15, 0.2) is 36.4 Å². The molecule has 1 aliphatic heterocycles. The first-order valence-electron chi connectivity index (χ1n) is 10.7. The van der Waals surface area contributed by atoms with E-state index in [-0.39, 0.29) is 22.2 Å². The lowest BCUT2D eigenvalue weighted by Gasteiger charge is -2.27. The summed E-state index contributed by atoms with van der Waals surface area (Å²) in [5.74, 6) is -4.66. The van der Waals surface area contributed by atoms with Crippen molar-refractivity contribution in [2.24, 2.45) is 11.7 Å². The molecule has 0 aliphatic carbocycles. The SMILES string of the molecule is NC(=O)CC(CCC(F)(F)F)C(=O)NC1CN(c2cccc(C(F)(F)F)n2)c2cccc(Cl)c2NC1=O. The molecule has 4 N–H and O–H groups in total. The van der Waals surface area contributed by atoms with Crippen molar-refractivity contribution in [3.63, 3.8) is 0 Å². The summed E-state index contributed by atoms with van der Waals surface area (Å²) in [6, 6.07) is 5.96. The third-order valence-electron chi connectivity index (χ3n) is 5.42. The zero-order valence-electron chi connectivity index (χ0n) is 18.8. The molecule has 0 bridgehead atoms. The number of carbonyl (C=O) groups excluding carboxylic acids is 3. The van der Waals surface area contributed by atoms with Crippen LogP contribution in [0.25, 0.3) is 0 Å². The number of nitrogens with one attached hydrogen (secondary N) is 2. The predicted octanol–water partition coefficient (Wildman–Crippen LogP) is 4.16. The molecule has 2 aromatic rings. The van der Waals surface area contributed by atoms with Crippen LogP contribution in [0.5, 0.6) is 0 Å². The number of rotatable bonds is 7. The molecule has 1 aromatic carbocycles. The van der Waals surface area contributed by atoms with E-state index in [1.807, 2.05) is 0 Å². The average Bonchev–Trinajstić information content (AvgIpc) is 2.93. The van der Waals surface area contributed by atoms with E-state index in [0.29, 0.717) is 0 Å². The second-order valence-corrected chi connectivity index (χ2v) is 8.60. The highest BCUT2D eigenvalue weighted by atomic mass is 35.5. The van der Waals surface area contributed by atoms with Crippen molar-refractivity contribution in [1.82, 2.24) is 10.3 Å². The van der Waals surface area contributed by atoms with Crippen molar-refractivity contribution in [2.75, 3.05) is 16.8 Å². The average molecular weight is 552 g/mol. The first-order chi connectivity index (χ1) is 17.2. The Kier molecular flexibility index (Phi) is 8.20. The number of para-hydroxylation sites is 1. The van der Waals surface area contributed by atoms with Gasteiger partial charge in [0, 0.05) is 18.8 Å². The monoisotopic (exact) mass is 551 g/mol. The van der Waals surface area contributed by atoms with Crippen LogP contribution >= 0.6 is 11.6 Å². The van der Waals surface area contributed by atoms with E-state index < -0.39 is 73.5 Å². The van der Waals surface area contributed by atoms with Crippen molar-refractivity contribution in [3.8, 4) is 0 Å². The Morgan fingerprint density at radius 3 is 2.46 bits per heavy atom. The van der Waals surface area contributed by atoms with E-state index in [1.54, 1.807) is 0 Å². The number of carbonyl (C=O) groups is 3. The number of aromatic nitrogens is 1. The lowest BCUT2D eigenvalue weighted by molar-refractivity contribution is -0.143. The number of anilines is 3. The van der Waals surface area contributed by atoms with E-state index in [4.69, 9.17) is 17.3 Å². The van der Waals surface area contributed by atoms with Gasteiger partial charge in [0.25, 0.3) is 0 Å². The summed E-state index contributed by atoms with van der Waals surface area (Å²) in [6.07, 6.45) is -12.2. The van der Waals surface area contributed by atoms with Crippen LogP contribution < -0.4 is 21.3 Å². The highest BCUT2D eigenvalue weighted by Crippen LogP contribution is 2.39. The van der Waals surface area contributed by atoms with Crippen molar-refractivity contribution in [2.45, 2.75) is 37.7 Å². The van der Waals surface area contributed by atoms with Gasteiger partial charge < -0.3 is 21.3 Å². The van der Waals surface area contributed by atoms with Crippen LogP contribution in [0.1, 0.15) is 25.0 Å². The summed E-state index contributed by atoms with van der Waals surface area (Å²) < 4.78 is 78.0. The lowest BCUT2D eigenvalue weighted by atomic mass is 9.97. The van der Waals surface area contributed by atoms with Gasteiger partial charge in [-0.1, -0.05) is 23.7 Å². The molecule has 2 unspecified atom stereocenters. The molecule has 3 amide bonds. The number of alkyl halides is 6. The van der Waals surface area contributed by atoms with Crippen molar-refractivity contribution in [1.29, 1.82) is 0 Å². The molecule has 0 spiro atoms. The van der Waals surface area contributed by atoms with Crippen LogP contribution in [-0.2, 0) is 20.6 Å². The second-order valence-electron chi connectivity index (χ2n) is 8.19. The maximum absolute atomic E-state index is 13.3. The summed E-state index contributed by atoms with van der Waals surface area (Å²) in [5.41, 5.74) is 4.04. The van der Waals surface area contributed by atoms with Gasteiger partial charge in [0.2, 0.25) is 17.7 Å². The Bertz CT molecular complexity index is 1190. The number of primary amides is 1. The smallest absolute Gasteiger partial charge is 0.370 e. The number of nitrogens with zero attached hydrogens (tertiary/aromatic N) is 2. The zero-order valence-corrected chi connectivity index (χ0v) is 19.5. The van der Waals surface area contributed by atoms with Crippen molar-refractivity contribution in [3.05, 3.63) is 47.1 Å². The fourth-order valence-corrected chi connectivity index (χ4v) is 3.91. The molecular formula is C22H20ClF6N5O3. The van der Waals surface area contributed by atoms with E-state index >= 15 is 0 Å². The molecule has 200 valence electrons. The number of halogens is 7. The van der Waals surface area contributed by atoms with Crippen molar-refractivity contribution < 1.29 is 40.7 Å². The first-order valence-corrected chi connectivity index (χ1v) is 11.1. The number of amides is 3. The van der Waals surface area contributed by atoms with E-state index in [9.17, 15) is 40.7 Å². The van der Waals surface area contributed by atoms with Gasteiger partial charge in [0.1, 0.15) is 17.6 Å². The minimum absolute atomic E-state index is 0.0240. The van der Waals surface area contributed by atoms with E-state index in [1.165, 1.54) is 29.2 Å². The molecule has 1 aromatic heterocycles. The highest BCUT2D eigenvalue weighted by Gasteiger charge is 2.37. The Hall–Kier alpha value is -3.55. The summed E-state index contributed by atoms with van der Waals surface area (Å²) in [7, 11) is 0. The molecule has 15 heteroatoms. The second kappa shape index (κ2) is 10.8. The highest BCUT2D eigenvalue weighted by molar-refractivity contribution is 6.34. The topological polar surface area (TPSA) is 117 Å². The number of hydrogen-bond acceptors (Lipinski definition) is 5. The lowest BCUT2D eigenvalue weighted by Crippen LogP contribution is -2.50. The Labute approximate surface area is 211 Å². The number of fused-ring (bicyclic) bond motifs is 1. The minimum Gasteiger partial charge on any atom is -0.370 e. The number of benzene rings is 1. The maximum Gasteiger partial charge on any atom is 0.433 e. The van der Waals surface area contributed by atoms with E-state index in [0.717, 1.165) is 12.1 Å². The molecule has 2 atom stereocenters. The Balaban J connectivity index is 1.96. The van der Waals surface area contributed by atoms with Gasteiger partial charge in [0.15, 0.2) is 0 Å². The summed E-state index contributed by atoms with van der Waals surface area (Å²) >= 11 is 6.19. The van der Waals surface area contributed by atoms with Crippen LogP contribution in [0.2, 0.25) is 5.02 Å². The number of nitrogens with two attached hydrogens (primary N) is 1. The molecule has 2 heterocycles. The van der Waals surface area contributed by atoms with Gasteiger partial charge in [-0.25, -0.2) is 4.98 Å². The molecule has 37 heavy (non-hydrogen) atoms. The molecule has 0 radical (unpaired) electrons. The normalized spacial score (nSPS) is 16.9. The third-order valence-corrected chi connectivity index (χ3v) is 5.74. The zero-order chi connectivity index (χ0) is 27.5.